The normalized spacial score (nSPS) is 17.5. The molecule has 0 bridgehead atoms. The number of hydrogen-bond acceptors (Lipinski definition) is 5. The third-order valence-electron chi connectivity index (χ3n) is 3.63. The monoisotopic (exact) mass is 362 g/mol. The average Bonchev–Trinajstić information content (AvgIpc) is 3.31. The molecule has 0 saturated carbocycles. The molecule has 23 heavy (non-hydrogen) atoms. The zero-order chi connectivity index (χ0) is 15.8. The van der Waals surface area contributed by atoms with Gasteiger partial charge in [0.2, 0.25) is 0 Å². The van der Waals surface area contributed by atoms with Gasteiger partial charge in [0.15, 0.2) is 5.22 Å². The van der Waals surface area contributed by atoms with Crippen molar-refractivity contribution >= 4 is 45.9 Å². The van der Waals surface area contributed by atoms with Gasteiger partial charge in [-0.05, 0) is 52.0 Å². The molecule has 0 fully saturated rings. The Morgan fingerprint density at radius 3 is 2.87 bits per heavy atom. The van der Waals surface area contributed by atoms with E-state index in [2.05, 4.69) is 5.10 Å². The molecule has 4 heterocycles. The van der Waals surface area contributed by atoms with Crippen LogP contribution in [-0.4, -0.2) is 16.6 Å². The number of thiophene rings is 2. The van der Waals surface area contributed by atoms with Gasteiger partial charge in [0.1, 0.15) is 11.8 Å². The van der Waals surface area contributed by atoms with Crippen LogP contribution in [0.4, 0.5) is 0 Å². The summed E-state index contributed by atoms with van der Waals surface area (Å²) in [5.41, 5.74) is 1.92. The molecule has 0 spiro atoms. The van der Waals surface area contributed by atoms with Gasteiger partial charge in [-0.2, -0.15) is 16.4 Å². The topological polar surface area (TPSA) is 45.8 Å². The van der Waals surface area contributed by atoms with Crippen molar-refractivity contribution < 1.29 is 9.21 Å². The average molecular weight is 363 g/mol. The highest BCUT2D eigenvalue weighted by molar-refractivity contribution is 7.12. The Hall–Kier alpha value is -1.89. The molecule has 0 radical (unpaired) electrons. The molecule has 1 aliphatic heterocycles. The molecule has 116 valence electrons. The van der Waals surface area contributed by atoms with Crippen LogP contribution in [0, 0.1) is 0 Å². The number of carbonyl (C=O) groups is 1. The molecule has 4 nitrogen and oxygen atoms in total. The molecule has 1 aliphatic rings. The highest BCUT2D eigenvalue weighted by Gasteiger charge is 2.36. The summed E-state index contributed by atoms with van der Waals surface area (Å²) in [6.45, 7) is 0. The first kappa shape index (κ1) is 14.7. The Morgan fingerprint density at radius 2 is 2.22 bits per heavy atom. The number of hydrogen-bond donors (Lipinski definition) is 0. The first-order valence-corrected chi connectivity index (χ1v) is 9.15. The molecule has 1 atom stereocenters. The third-order valence-corrected chi connectivity index (χ3v) is 5.37. The SMILES string of the molecule is O=C(c1cccs1)N1N=C(c2ccsc2)C[C@@H]1c1ccc(Cl)o1. The fourth-order valence-electron chi connectivity index (χ4n) is 2.54. The van der Waals surface area contributed by atoms with E-state index >= 15 is 0 Å². The van der Waals surface area contributed by atoms with E-state index in [4.69, 9.17) is 16.0 Å². The number of rotatable bonds is 3. The summed E-state index contributed by atoms with van der Waals surface area (Å²) < 4.78 is 5.54. The molecule has 0 aromatic carbocycles. The summed E-state index contributed by atoms with van der Waals surface area (Å²) in [7, 11) is 0. The molecule has 0 unspecified atom stereocenters. The van der Waals surface area contributed by atoms with Gasteiger partial charge < -0.3 is 4.42 Å². The van der Waals surface area contributed by atoms with E-state index in [9.17, 15) is 4.79 Å². The van der Waals surface area contributed by atoms with Crippen molar-refractivity contribution in [3.63, 3.8) is 0 Å². The van der Waals surface area contributed by atoms with E-state index in [1.165, 1.54) is 16.3 Å². The van der Waals surface area contributed by atoms with Gasteiger partial charge in [-0.15, -0.1) is 11.3 Å². The number of carbonyl (C=O) groups excluding carboxylic acids is 1. The van der Waals surface area contributed by atoms with Gasteiger partial charge in [-0.25, -0.2) is 5.01 Å². The van der Waals surface area contributed by atoms with Gasteiger partial charge in [-0.3, -0.25) is 4.79 Å². The van der Waals surface area contributed by atoms with Crippen molar-refractivity contribution in [2.24, 2.45) is 5.10 Å². The maximum absolute atomic E-state index is 12.8. The Labute approximate surface area is 145 Å². The Bertz CT molecular complexity index is 853. The van der Waals surface area contributed by atoms with E-state index in [-0.39, 0.29) is 11.9 Å². The molecule has 0 N–H and O–H groups in total. The summed E-state index contributed by atoms with van der Waals surface area (Å²) >= 11 is 8.91. The van der Waals surface area contributed by atoms with Crippen molar-refractivity contribution in [2.45, 2.75) is 12.5 Å². The van der Waals surface area contributed by atoms with Crippen LogP contribution in [0.2, 0.25) is 5.22 Å². The molecule has 7 heteroatoms. The first-order valence-electron chi connectivity index (χ1n) is 6.95. The molecular weight excluding hydrogens is 352 g/mol. The minimum atomic E-state index is -0.271. The lowest BCUT2D eigenvalue weighted by Crippen LogP contribution is -2.26. The molecule has 1 amide bonds. The van der Waals surface area contributed by atoms with Crippen LogP contribution in [0.3, 0.4) is 0 Å². The molecule has 3 aromatic heterocycles. The molecule has 0 saturated heterocycles. The van der Waals surface area contributed by atoms with Crippen LogP contribution in [0.1, 0.15) is 33.5 Å². The molecule has 4 rings (SSSR count). The Morgan fingerprint density at radius 1 is 1.30 bits per heavy atom. The van der Waals surface area contributed by atoms with Crippen LogP contribution < -0.4 is 0 Å². The van der Waals surface area contributed by atoms with Gasteiger partial charge in [0.05, 0.1) is 10.6 Å². The smallest absolute Gasteiger partial charge is 0.284 e. The summed E-state index contributed by atoms with van der Waals surface area (Å²) in [6.07, 6.45) is 0.609. The molecule has 3 aromatic rings. The van der Waals surface area contributed by atoms with E-state index in [1.54, 1.807) is 29.5 Å². The number of halogens is 1. The highest BCUT2D eigenvalue weighted by atomic mass is 35.5. The zero-order valence-corrected chi connectivity index (χ0v) is 14.2. The Balaban J connectivity index is 1.72. The highest BCUT2D eigenvalue weighted by Crippen LogP contribution is 2.36. The number of furan rings is 1. The number of nitrogens with zero attached hydrogens (tertiary/aromatic N) is 2. The maximum atomic E-state index is 12.8. The lowest BCUT2D eigenvalue weighted by molar-refractivity contribution is 0.0698. The second-order valence-electron chi connectivity index (χ2n) is 5.05. The van der Waals surface area contributed by atoms with Gasteiger partial charge in [0, 0.05) is 12.0 Å². The Kier molecular flexibility index (Phi) is 3.80. The van der Waals surface area contributed by atoms with Crippen molar-refractivity contribution in [2.75, 3.05) is 0 Å². The second kappa shape index (κ2) is 5.96. The predicted molar refractivity (Wildman–Crippen MR) is 92.4 cm³/mol. The van der Waals surface area contributed by atoms with Gasteiger partial charge in [0.25, 0.3) is 5.91 Å². The van der Waals surface area contributed by atoms with E-state index in [1.807, 2.05) is 28.3 Å². The van der Waals surface area contributed by atoms with Crippen LogP contribution in [0.15, 0.2) is 56.0 Å². The third kappa shape index (κ3) is 2.73. The molecular formula is C16H11ClN2O2S2. The fraction of sp³-hybridized carbons (Fsp3) is 0.125. The quantitative estimate of drug-likeness (QED) is 0.654. The lowest BCUT2D eigenvalue weighted by atomic mass is 10.0. The summed E-state index contributed by atoms with van der Waals surface area (Å²) in [5.74, 6) is 0.525. The lowest BCUT2D eigenvalue weighted by Gasteiger charge is -2.19. The van der Waals surface area contributed by atoms with Crippen molar-refractivity contribution in [3.8, 4) is 0 Å². The fourth-order valence-corrected chi connectivity index (χ4v) is 4.02. The second-order valence-corrected chi connectivity index (χ2v) is 7.15. The predicted octanol–water partition coefficient (Wildman–Crippen LogP) is 5.05. The van der Waals surface area contributed by atoms with Crippen molar-refractivity contribution in [1.82, 2.24) is 5.01 Å². The number of amides is 1. The van der Waals surface area contributed by atoms with E-state index in [0.29, 0.717) is 22.3 Å². The van der Waals surface area contributed by atoms with Gasteiger partial charge in [-0.1, -0.05) is 6.07 Å². The van der Waals surface area contributed by atoms with Crippen molar-refractivity contribution in [3.05, 3.63) is 67.9 Å². The maximum Gasteiger partial charge on any atom is 0.284 e. The summed E-state index contributed by atoms with van der Waals surface area (Å²) in [4.78, 5) is 13.4. The minimum absolute atomic E-state index is 0.122. The van der Waals surface area contributed by atoms with Crippen LogP contribution in [0.5, 0.6) is 0 Å². The van der Waals surface area contributed by atoms with Crippen molar-refractivity contribution in [1.29, 1.82) is 0 Å². The largest absolute Gasteiger partial charge is 0.447 e. The minimum Gasteiger partial charge on any atom is -0.447 e. The van der Waals surface area contributed by atoms with Crippen LogP contribution >= 0.6 is 34.3 Å². The zero-order valence-electron chi connectivity index (χ0n) is 11.8. The van der Waals surface area contributed by atoms with E-state index in [0.717, 1.165) is 11.3 Å². The molecule has 0 aliphatic carbocycles. The first-order chi connectivity index (χ1) is 11.2. The standard InChI is InChI=1S/C16H11ClN2O2S2/c17-15-4-3-13(21-15)12-8-11(10-5-7-22-9-10)18-19(12)16(20)14-2-1-6-23-14/h1-7,9,12H,8H2/t12-/m1/s1. The summed E-state index contributed by atoms with van der Waals surface area (Å²) in [5, 5.41) is 12.3. The number of hydrazone groups is 1. The van der Waals surface area contributed by atoms with Gasteiger partial charge >= 0.3 is 0 Å². The summed E-state index contributed by atoms with van der Waals surface area (Å²) in [6, 6.07) is 8.88. The van der Waals surface area contributed by atoms with E-state index < -0.39 is 0 Å². The van der Waals surface area contributed by atoms with Crippen LogP contribution in [0.25, 0.3) is 0 Å². The van der Waals surface area contributed by atoms with Crippen LogP contribution in [-0.2, 0) is 0 Å².